The molecule has 0 unspecified atom stereocenters. The Labute approximate surface area is 87.8 Å². The SMILES string of the molecule is CCOC(=O)c1cccc(CO)c1NN. The zero-order valence-corrected chi connectivity index (χ0v) is 8.49. The van der Waals surface area contributed by atoms with Gasteiger partial charge in [-0.15, -0.1) is 0 Å². The van der Waals surface area contributed by atoms with E-state index in [0.717, 1.165) is 0 Å². The van der Waals surface area contributed by atoms with Crippen LogP contribution in [0.4, 0.5) is 5.69 Å². The summed E-state index contributed by atoms with van der Waals surface area (Å²) >= 11 is 0. The third kappa shape index (κ3) is 2.45. The first-order valence-corrected chi connectivity index (χ1v) is 4.61. The molecular weight excluding hydrogens is 196 g/mol. The average molecular weight is 210 g/mol. The number of hydrogen-bond acceptors (Lipinski definition) is 5. The van der Waals surface area contributed by atoms with Gasteiger partial charge in [0.05, 0.1) is 24.5 Å². The third-order valence-electron chi connectivity index (χ3n) is 1.96. The van der Waals surface area contributed by atoms with Crippen LogP contribution in [0.3, 0.4) is 0 Å². The number of hydrazine groups is 1. The number of para-hydroxylation sites is 1. The number of carbonyl (C=O) groups excluding carboxylic acids is 1. The molecule has 5 heteroatoms. The average Bonchev–Trinajstić information content (AvgIpc) is 2.28. The number of nitrogens with one attached hydrogen (secondary N) is 1. The first-order valence-electron chi connectivity index (χ1n) is 4.61. The molecule has 0 aliphatic carbocycles. The van der Waals surface area contributed by atoms with E-state index < -0.39 is 5.97 Å². The van der Waals surface area contributed by atoms with E-state index in [9.17, 15) is 4.79 Å². The van der Waals surface area contributed by atoms with Crippen LogP contribution in [0, 0.1) is 0 Å². The molecule has 0 fully saturated rings. The van der Waals surface area contributed by atoms with Crippen LogP contribution < -0.4 is 11.3 Å². The van der Waals surface area contributed by atoms with E-state index in [0.29, 0.717) is 23.4 Å². The number of aliphatic hydroxyl groups excluding tert-OH is 1. The Morgan fingerprint density at radius 3 is 2.87 bits per heavy atom. The van der Waals surface area contributed by atoms with Gasteiger partial charge in [0.25, 0.3) is 0 Å². The van der Waals surface area contributed by atoms with Gasteiger partial charge in [-0.05, 0) is 13.0 Å². The van der Waals surface area contributed by atoms with E-state index in [4.69, 9.17) is 15.7 Å². The van der Waals surface area contributed by atoms with Crippen molar-refractivity contribution in [1.29, 1.82) is 0 Å². The largest absolute Gasteiger partial charge is 0.462 e. The van der Waals surface area contributed by atoms with Crippen molar-refractivity contribution in [2.75, 3.05) is 12.0 Å². The number of hydrogen-bond donors (Lipinski definition) is 3. The van der Waals surface area contributed by atoms with Crippen LogP contribution >= 0.6 is 0 Å². The van der Waals surface area contributed by atoms with E-state index in [1.807, 2.05) is 0 Å². The summed E-state index contributed by atoms with van der Waals surface area (Å²) in [6, 6.07) is 4.93. The van der Waals surface area contributed by atoms with Gasteiger partial charge in [-0.2, -0.15) is 0 Å². The van der Waals surface area contributed by atoms with Gasteiger partial charge < -0.3 is 15.3 Å². The number of anilines is 1. The lowest BCUT2D eigenvalue weighted by atomic mass is 10.1. The molecule has 4 N–H and O–H groups in total. The predicted octanol–water partition coefficient (Wildman–Crippen LogP) is 0.641. The van der Waals surface area contributed by atoms with Crippen molar-refractivity contribution in [3.05, 3.63) is 29.3 Å². The van der Waals surface area contributed by atoms with Crippen molar-refractivity contribution in [3.8, 4) is 0 Å². The Hall–Kier alpha value is -1.59. The Kier molecular flexibility index (Phi) is 4.08. The highest BCUT2D eigenvalue weighted by atomic mass is 16.5. The molecule has 0 atom stereocenters. The molecule has 1 aromatic carbocycles. The smallest absolute Gasteiger partial charge is 0.340 e. The number of benzene rings is 1. The minimum atomic E-state index is -0.458. The molecule has 15 heavy (non-hydrogen) atoms. The van der Waals surface area contributed by atoms with Gasteiger partial charge in [-0.3, -0.25) is 5.84 Å². The highest BCUT2D eigenvalue weighted by Gasteiger charge is 2.14. The zero-order chi connectivity index (χ0) is 11.3. The minimum Gasteiger partial charge on any atom is -0.462 e. The van der Waals surface area contributed by atoms with Crippen molar-refractivity contribution >= 4 is 11.7 Å². The maximum Gasteiger partial charge on any atom is 0.340 e. The molecule has 0 aliphatic rings. The molecule has 0 saturated carbocycles. The number of aliphatic hydroxyl groups is 1. The summed E-state index contributed by atoms with van der Waals surface area (Å²) in [5.74, 6) is 4.83. The highest BCUT2D eigenvalue weighted by molar-refractivity contribution is 5.96. The monoisotopic (exact) mass is 210 g/mol. The Morgan fingerprint density at radius 1 is 1.60 bits per heavy atom. The number of rotatable bonds is 4. The predicted molar refractivity (Wildman–Crippen MR) is 56.1 cm³/mol. The summed E-state index contributed by atoms with van der Waals surface area (Å²) in [4.78, 5) is 11.5. The first-order chi connectivity index (χ1) is 7.24. The molecular formula is C10H14N2O3. The lowest BCUT2D eigenvalue weighted by molar-refractivity contribution is 0.0527. The molecule has 0 aromatic heterocycles. The summed E-state index contributed by atoms with van der Waals surface area (Å²) in [7, 11) is 0. The molecule has 0 saturated heterocycles. The maximum atomic E-state index is 11.5. The molecule has 0 aliphatic heterocycles. The van der Waals surface area contributed by atoms with Gasteiger partial charge in [-0.25, -0.2) is 4.79 Å². The number of carbonyl (C=O) groups is 1. The van der Waals surface area contributed by atoms with Gasteiger partial charge in [-0.1, -0.05) is 12.1 Å². The van der Waals surface area contributed by atoms with Crippen molar-refractivity contribution in [3.63, 3.8) is 0 Å². The summed E-state index contributed by atoms with van der Waals surface area (Å²) in [5.41, 5.74) is 3.68. The molecule has 5 nitrogen and oxygen atoms in total. The Bertz CT molecular complexity index is 353. The van der Waals surface area contributed by atoms with E-state index in [2.05, 4.69) is 5.43 Å². The number of esters is 1. The van der Waals surface area contributed by atoms with Gasteiger partial charge in [0, 0.05) is 5.56 Å². The van der Waals surface area contributed by atoms with Gasteiger partial charge >= 0.3 is 5.97 Å². The van der Waals surface area contributed by atoms with Gasteiger partial charge in [0.15, 0.2) is 0 Å². The molecule has 0 amide bonds. The van der Waals surface area contributed by atoms with E-state index in [1.165, 1.54) is 0 Å². The zero-order valence-electron chi connectivity index (χ0n) is 8.49. The lowest BCUT2D eigenvalue weighted by Crippen LogP contribution is -2.15. The normalized spacial score (nSPS) is 9.80. The Morgan fingerprint density at radius 2 is 2.33 bits per heavy atom. The summed E-state index contributed by atoms with van der Waals surface area (Å²) < 4.78 is 4.85. The van der Waals surface area contributed by atoms with Crippen LogP contribution in [0.25, 0.3) is 0 Å². The van der Waals surface area contributed by atoms with Crippen LogP contribution in [0.2, 0.25) is 0 Å². The second-order valence-corrected chi connectivity index (χ2v) is 2.86. The van der Waals surface area contributed by atoms with E-state index >= 15 is 0 Å². The van der Waals surface area contributed by atoms with Crippen LogP contribution in [-0.4, -0.2) is 17.7 Å². The first kappa shape index (κ1) is 11.5. The van der Waals surface area contributed by atoms with Gasteiger partial charge in [0.1, 0.15) is 0 Å². The van der Waals surface area contributed by atoms with E-state index in [1.54, 1.807) is 25.1 Å². The molecule has 1 rings (SSSR count). The third-order valence-corrected chi connectivity index (χ3v) is 1.96. The summed E-state index contributed by atoms with van der Waals surface area (Å²) in [6.07, 6.45) is 0. The topological polar surface area (TPSA) is 84.6 Å². The van der Waals surface area contributed by atoms with Crippen molar-refractivity contribution in [2.24, 2.45) is 5.84 Å². The van der Waals surface area contributed by atoms with Crippen molar-refractivity contribution in [1.82, 2.24) is 0 Å². The molecule has 0 spiro atoms. The fraction of sp³-hybridized carbons (Fsp3) is 0.300. The summed E-state index contributed by atoms with van der Waals surface area (Å²) in [6.45, 7) is 1.84. The fourth-order valence-corrected chi connectivity index (χ4v) is 1.28. The van der Waals surface area contributed by atoms with Crippen LogP contribution in [0.1, 0.15) is 22.8 Å². The molecule has 0 heterocycles. The number of nitrogens with two attached hydrogens (primary N) is 1. The Balaban J connectivity index is 3.11. The van der Waals surface area contributed by atoms with Crippen molar-refractivity contribution < 1.29 is 14.6 Å². The van der Waals surface area contributed by atoms with Crippen LogP contribution in [-0.2, 0) is 11.3 Å². The van der Waals surface area contributed by atoms with E-state index in [-0.39, 0.29) is 6.61 Å². The lowest BCUT2D eigenvalue weighted by Gasteiger charge is -2.11. The highest BCUT2D eigenvalue weighted by Crippen LogP contribution is 2.21. The number of nitrogen functional groups attached to an aromatic ring is 1. The van der Waals surface area contributed by atoms with Gasteiger partial charge in [0.2, 0.25) is 0 Å². The van der Waals surface area contributed by atoms with Crippen molar-refractivity contribution in [2.45, 2.75) is 13.5 Å². The second kappa shape index (κ2) is 5.33. The minimum absolute atomic E-state index is 0.188. The number of ether oxygens (including phenoxy) is 1. The standard InChI is InChI=1S/C10H14N2O3/c1-2-15-10(14)8-5-3-4-7(6-13)9(8)12-11/h3-5,12-13H,2,6,11H2,1H3. The quantitative estimate of drug-likeness (QED) is 0.386. The molecule has 82 valence electrons. The fourth-order valence-electron chi connectivity index (χ4n) is 1.28. The summed E-state index contributed by atoms with van der Waals surface area (Å²) in [5, 5.41) is 9.04. The molecule has 0 bridgehead atoms. The van der Waals surface area contributed by atoms with Crippen LogP contribution in [0.5, 0.6) is 0 Å². The second-order valence-electron chi connectivity index (χ2n) is 2.86. The van der Waals surface area contributed by atoms with Crippen LogP contribution in [0.15, 0.2) is 18.2 Å². The molecule has 0 radical (unpaired) electrons. The molecule has 1 aromatic rings. The maximum absolute atomic E-state index is 11.5.